The number of benzene rings is 1. The van der Waals surface area contributed by atoms with Crippen molar-refractivity contribution in [3.05, 3.63) is 48.1 Å². The number of aliphatic hydroxyl groups is 1. The van der Waals surface area contributed by atoms with Crippen LogP contribution in [-0.2, 0) is 0 Å². The predicted octanol–water partition coefficient (Wildman–Crippen LogP) is 8.12. The number of H-pyrrole nitrogens is 1. The Morgan fingerprint density at radius 2 is 1.61 bits per heavy atom. The minimum Gasteiger partial charge on any atom is -0.396 e. The first kappa shape index (κ1) is 27.6. The summed E-state index contributed by atoms with van der Waals surface area (Å²) in [6, 6.07) is 8.79. The number of aromatic amines is 1. The maximum Gasteiger partial charge on any atom is 0.204 e. The van der Waals surface area contributed by atoms with Gasteiger partial charge >= 0.3 is 0 Å². The average molecular weight is 555 g/mol. The Hall–Kier alpha value is -2.27. The van der Waals surface area contributed by atoms with E-state index in [0.29, 0.717) is 46.9 Å². The molecule has 2 N–H and O–H groups in total. The van der Waals surface area contributed by atoms with Crippen LogP contribution in [0.5, 0.6) is 0 Å². The molecule has 0 spiro atoms. The van der Waals surface area contributed by atoms with Gasteiger partial charge in [0, 0.05) is 12.2 Å². The number of aliphatic hydroxyl groups excluding tert-OH is 1. The molecule has 9 atom stereocenters. The molecule has 4 saturated carbocycles. The molecule has 41 heavy (non-hydrogen) atoms. The standard InChI is InChI=1S/C36H50N4O/c1-22(2)25-15-18-36(21-41)20-19-35(6)30(31(25)36)14-13-29-26-11-12-27(33(3,4)28(26)16-17-34(29,35)5)23-7-9-24(10-8-23)32-37-39-40-38-32/h7-10,12,25-26,28-31,41H,1,11,13-21H2,2-6H3,(H,37,38,39,40). The number of nitrogens with one attached hydrogen (secondary N) is 1. The van der Waals surface area contributed by atoms with E-state index >= 15 is 0 Å². The number of aromatic nitrogens is 4. The van der Waals surface area contributed by atoms with Gasteiger partial charge in [0.2, 0.25) is 5.82 Å². The van der Waals surface area contributed by atoms with Crippen molar-refractivity contribution in [1.82, 2.24) is 20.6 Å². The van der Waals surface area contributed by atoms with Crippen LogP contribution in [0.3, 0.4) is 0 Å². The van der Waals surface area contributed by atoms with E-state index in [1.165, 1.54) is 74.5 Å². The van der Waals surface area contributed by atoms with Gasteiger partial charge in [-0.15, -0.1) is 10.2 Å². The fourth-order valence-electron chi connectivity index (χ4n) is 12.1. The van der Waals surface area contributed by atoms with E-state index in [9.17, 15) is 5.11 Å². The summed E-state index contributed by atoms with van der Waals surface area (Å²) in [5, 5.41) is 25.4. The molecule has 4 fully saturated rings. The van der Waals surface area contributed by atoms with Crippen LogP contribution in [-0.4, -0.2) is 32.3 Å². The van der Waals surface area contributed by atoms with Crippen LogP contribution in [0.15, 0.2) is 42.5 Å². The highest BCUT2D eigenvalue weighted by Crippen LogP contribution is 2.75. The minimum absolute atomic E-state index is 0.137. The van der Waals surface area contributed by atoms with Gasteiger partial charge in [0.05, 0.1) is 0 Å². The molecule has 1 heterocycles. The number of fused-ring (bicyclic) bond motifs is 7. The molecule has 5 aliphatic rings. The Kier molecular flexibility index (Phi) is 6.29. The van der Waals surface area contributed by atoms with Crippen molar-refractivity contribution in [1.29, 1.82) is 0 Å². The number of tetrazole rings is 1. The molecule has 2 aromatic rings. The number of hydrogen-bond acceptors (Lipinski definition) is 4. The predicted molar refractivity (Wildman–Crippen MR) is 164 cm³/mol. The smallest absolute Gasteiger partial charge is 0.204 e. The molecule has 9 unspecified atom stereocenters. The molecule has 0 bridgehead atoms. The van der Waals surface area contributed by atoms with Crippen LogP contribution >= 0.6 is 0 Å². The van der Waals surface area contributed by atoms with Gasteiger partial charge in [-0.2, -0.15) is 5.21 Å². The molecular weight excluding hydrogens is 504 g/mol. The number of hydrogen-bond donors (Lipinski definition) is 2. The summed E-state index contributed by atoms with van der Waals surface area (Å²) in [5.41, 5.74) is 6.22. The number of allylic oxidation sites excluding steroid dienone is 3. The summed E-state index contributed by atoms with van der Waals surface area (Å²) in [4.78, 5) is 0. The van der Waals surface area contributed by atoms with Gasteiger partial charge in [0.25, 0.3) is 0 Å². The summed E-state index contributed by atoms with van der Waals surface area (Å²) in [7, 11) is 0. The number of nitrogens with zero attached hydrogens (tertiary/aromatic N) is 3. The monoisotopic (exact) mass is 554 g/mol. The second-order valence-electron chi connectivity index (χ2n) is 15.9. The highest BCUT2D eigenvalue weighted by atomic mass is 16.3. The molecule has 5 aliphatic carbocycles. The fourth-order valence-corrected chi connectivity index (χ4v) is 12.1. The van der Waals surface area contributed by atoms with Crippen molar-refractivity contribution < 1.29 is 5.11 Å². The Bertz CT molecular complexity index is 1340. The minimum atomic E-state index is 0.137. The lowest BCUT2D eigenvalue weighted by atomic mass is 9.35. The molecule has 5 heteroatoms. The Morgan fingerprint density at radius 3 is 2.29 bits per heavy atom. The normalized spacial score (nSPS) is 42.8. The molecule has 1 aromatic carbocycles. The van der Waals surface area contributed by atoms with Gasteiger partial charge in [0.15, 0.2) is 0 Å². The Labute approximate surface area is 246 Å². The molecule has 220 valence electrons. The van der Waals surface area contributed by atoms with E-state index in [4.69, 9.17) is 0 Å². The third-order valence-electron chi connectivity index (χ3n) is 14.4. The zero-order valence-corrected chi connectivity index (χ0v) is 25.9. The zero-order valence-electron chi connectivity index (χ0n) is 25.9. The highest BCUT2D eigenvalue weighted by Gasteiger charge is 2.68. The summed E-state index contributed by atoms with van der Waals surface area (Å²) >= 11 is 0. The Morgan fingerprint density at radius 1 is 0.902 bits per heavy atom. The van der Waals surface area contributed by atoms with Crippen molar-refractivity contribution >= 4 is 5.57 Å². The van der Waals surface area contributed by atoms with Crippen LogP contribution < -0.4 is 0 Å². The van der Waals surface area contributed by atoms with Gasteiger partial charge < -0.3 is 5.11 Å². The van der Waals surface area contributed by atoms with Crippen LogP contribution in [0.1, 0.15) is 98.0 Å². The van der Waals surface area contributed by atoms with Gasteiger partial charge in [-0.25, -0.2) is 0 Å². The summed E-state index contributed by atoms with van der Waals surface area (Å²) in [6.07, 6.45) is 14.1. The molecule has 5 nitrogen and oxygen atoms in total. The first-order valence-electron chi connectivity index (χ1n) is 16.4. The summed E-state index contributed by atoms with van der Waals surface area (Å²) in [5.74, 6) is 4.83. The van der Waals surface area contributed by atoms with Crippen molar-refractivity contribution in [2.75, 3.05) is 6.61 Å². The third kappa shape index (κ3) is 3.72. The van der Waals surface area contributed by atoms with Crippen LogP contribution in [0.25, 0.3) is 17.0 Å². The topological polar surface area (TPSA) is 74.7 Å². The van der Waals surface area contributed by atoms with E-state index in [-0.39, 0.29) is 10.8 Å². The maximum atomic E-state index is 10.8. The van der Waals surface area contributed by atoms with E-state index in [1.54, 1.807) is 0 Å². The lowest BCUT2D eigenvalue weighted by molar-refractivity contribution is -0.206. The van der Waals surface area contributed by atoms with Gasteiger partial charge in [0.1, 0.15) is 0 Å². The van der Waals surface area contributed by atoms with E-state index in [1.807, 2.05) is 0 Å². The second-order valence-corrected chi connectivity index (χ2v) is 15.9. The van der Waals surface area contributed by atoms with Crippen molar-refractivity contribution in [3.8, 4) is 11.4 Å². The van der Waals surface area contributed by atoms with Crippen LogP contribution in [0, 0.1) is 57.2 Å². The fraction of sp³-hybridized carbons (Fsp3) is 0.694. The molecule has 0 aliphatic heterocycles. The van der Waals surface area contributed by atoms with Gasteiger partial charge in [-0.3, -0.25) is 0 Å². The maximum absolute atomic E-state index is 10.8. The first-order chi connectivity index (χ1) is 19.6. The van der Waals surface area contributed by atoms with Crippen molar-refractivity contribution in [3.63, 3.8) is 0 Å². The lowest BCUT2D eigenvalue weighted by Crippen LogP contribution is -2.63. The SMILES string of the molecule is C=C(C)C1CCC2(CO)CCC3(C)C(CCC4C5CC=C(c6ccc(-c7nn[nH]n7)cc6)C(C)(C)C5CCC43C)C12. The molecule has 0 radical (unpaired) electrons. The molecular formula is C36H50N4O. The van der Waals surface area contributed by atoms with E-state index < -0.39 is 0 Å². The van der Waals surface area contributed by atoms with Crippen molar-refractivity contribution in [2.24, 2.45) is 57.2 Å². The largest absolute Gasteiger partial charge is 0.396 e. The van der Waals surface area contributed by atoms with Gasteiger partial charge in [-0.05, 0) is 138 Å². The van der Waals surface area contributed by atoms with Crippen molar-refractivity contribution in [2.45, 2.75) is 92.4 Å². The zero-order chi connectivity index (χ0) is 28.8. The summed E-state index contributed by atoms with van der Waals surface area (Å²) in [6.45, 7) is 17.5. The van der Waals surface area contributed by atoms with Crippen LogP contribution in [0.4, 0.5) is 0 Å². The molecule has 1 aromatic heterocycles. The third-order valence-corrected chi connectivity index (χ3v) is 14.4. The highest BCUT2D eigenvalue weighted by molar-refractivity contribution is 5.73. The second kappa shape index (κ2) is 9.36. The van der Waals surface area contributed by atoms with E-state index in [2.05, 4.69) is 92.2 Å². The number of rotatable bonds is 4. The summed E-state index contributed by atoms with van der Waals surface area (Å²) < 4.78 is 0. The van der Waals surface area contributed by atoms with E-state index in [0.717, 1.165) is 17.4 Å². The quantitative estimate of drug-likeness (QED) is 0.374. The molecule has 7 rings (SSSR count). The lowest BCUT2D eigenvalue weighted by Gasteiger charge is -2.70. The average Bonchev–Trinajstić information content (AvgIpc) is 3.62. The molecule has 0 saturated heterocycles. The van der Waals surface area contributed by atoms with Crippen LogP contribution in [0.2, 0.25) is 0 Å². The molecule has 0 amide bonds. The van der Waals surface area contributed by atoms with Gasteiger partial charge in [-0.1, -0.05) is 70.2 Å². The Balaban J connectivity index is 1.19. The first-order valence-corrected chi connectivity index (χ1v) is 16.4.